The van der Waals surface area contributed by atoms with Gasteiger partial charge in [0.25, 0.3) is 0 Å². The van der Waals surface area contributed by atoms with Crippen molar-refractivity contribution in [2.24, 2.45) is 5.92 Å². The molecule has 13 heavy (non-hydrogen) atoms. The normalized spacial score (nSPS) is 15.8. The van der Waals surface area contributed by atoms with Crippen LogP contribution >= 0.6 is 0 Å². The van der Waals surface area contributed by atoms with Crippen LogP contribution in [0.15, 0.2) is 0 Å². The first kappa shape index (κ1) is 12.4. The molecule has 0 aromatic carbocycles. The Morgan fingerprint density at radius 2 is 2.08 bits per heavy atom. The highest BCUT2D eigenvalue weighted by atomic mass is 16.5. The second kappa shape index (κ2) is 5.19. The lowest BCUT2D eigenvalue weighted by atomic mass is 10.1. The van der Waals surface area contributed by atoms with Crippen LogP contribution in [0.2, 0.25) is 0 Å². The molecule has 0 saturated heterocycles. The molecule has 0 aliphatic carbocycles. The summed E-state index contributed by atoms with van der Waals surface area (Å²) in [4.78, 5) is 10.4. The predicted molar refractivity (Wildman–Crippen MR) is 48.5 cm³/mol. The van der Waals surface area contributed by atoms with Crippen molar-refractivity contribution < 1.29 is 19.7 Å². The van der Waals surface area contributed by atoms with E-state index in [2.05, 4.69) is 13.8 Å². The fraction of sp³-hybridized carbons (Fsp3) is 0.889. The minimum atomic E-state index is -1.77. The van der Waals surface area contributed by atoms with E-state index in [1.807, 2.05) is 0 Å². The maximum absolute atomic E-state index is 10.4. The summed E-state index contributed by atoms with van der Waals surface area (Å²) in [5.74, 6) is -0.730. The second-order valence-electron chi connectivity index (χ2n) is 3.81. The highest BCUT2D eigenvalue weighted by molar-refractivity contribution is 5.76. The number of aliphatic carboxylic acids is 1. The minimum Gasteiger partial charge on any atom is -0.479 e. The zero-order valence-corrected chi connectivity index (χ0v) is 8.41. The molecule has 0 rings (SSSR count). The number of aliphatic hydroxyl groups is 1. The largest absolute Gasteiger partial charge is 0.479 e. The first-order chi connectivity index (χ1) is 5.86. The van der Waals surface area contributed by atoms with Gasteiger partial charge in [0.15, 0.2) is 5.60 Å². The molecule has 0 aliphatic heterocycles. The fourth-order valence-corrected chi connectivity index (χ4v) is 0.652. The Morgan fingerprint density at radius 3 is 2.46 bits per heavy atom. The maximum atomic E-state index is 10.4. The molecule has 0 bridgehead atoms. The van der Waals surface area contributed by atoms with Crippen molar-refractivity contribution in [1.82, 2.24) is 0 Å². The molecule has 1 unspecified atom stereocenters. The van der Waals surface area contributed by atoms with E-state index in [1.54, 1.807) is 0 Å². The van der Waals surface area contributed by atoms with Gasteiger partial charge in [-0.2, -0.15) is 0 Å². The molecule has 1 atom stereocenters. The minimum absolute atomic E-state index is 0.158. The van der Waals surface area contributed by atoms with Gasteiger partial charge in [-0.25, -0.2) is 4.79 Å². The summed E-state index contributed by atoms with van der Waals surface area (Å²) in [6, 6.07) is 0. The summed E-state index contributed by atoms with van der Waals surface area (Å²) in [5, 5.41) is 17.8. The summed E-state index contributed by atoms with van der Waals surface area (Å²) in [7, 11) is 0. The van der Waals surface area contributed by atoms with Crippen LogP contribution in [0.1, 0.15) is 27.2 Å². The number of carboxylic acid groups (broad SMARTS) is 1. The van der Waals surface area contributed by atoms with Crippen LogP contribution in [-0.4, -0.2) is 35.0 Å². The number of hydrogen-bond acceptors (Lipinski definition) is 3. The lowest BCUT2D eigenvalue weighted by Gasteiger charge is -2.17. The molecule has 0 aliphatic rings. The molecular weight excluding hydrogens is 172 g/mol. The Hall–Kier alpha value is -0.610. The van der Waals surface area contributed by atoms with Gasteiger partial charge < -0.3 is 14.9 Å². The van der Waals surface area contributed by atoms with Gasteiger partial charge in [0.05, 0.1) is 6.61 Å². The van der Waals surface area contributed by atoms with Crippen LogP contribution in [0.3, 0.4) is 0 Å². The molecule has 78 valence electrons. The zero-order valence-electron chi connectivity index (χ0n) is 8.41. The Labute approximate surface area is 78.5 Å². The van der Waals surface area contributed by atoms with Crippen LogP contribution in [0, 0.1) is 5.92 Å². The standard InChI is InChI=1S/C9H18O4/c1-7(2)4-5-13-6-9(3,12)8(10)11/h7,12H,4-6H2,1-3H3,(H,10,11). The van der Waals surface area contributed by atoms with Gasteiger partial charge in [0, 0.05) is 6.61 Å². The summed E-state index contributed by atoms with van der Waals surface area (Å²) >= 11 is 0. The van der Waals surface area contributed by atoms with Crippen LogP contribution in [0.25, 0.3) is 0 Å². The predicted octanol–water partition coefficient (Wildman–Crippen LogP) is 0.885. The molecule has 0 heterocycles. The summed E-state index contributed by atoms with van der Waals surface area (Å²) in [6.07, 6.45) is 0.871. The van der Waals surface area contributed by atoms with Gasteiger partial charge in [-0.05, 0) is 19.3 Å². The Kier molecular flexibility index (Phi) is 4.95. The second-order valence-corrected chi connectivity index (χ2v) is 3.81. The van der Waals surface area contributed by atoms with Gasteiger partial charge in [0.1, 0.15) is 0 Å². The van der Waals surface area contributed by atoms with E-state index in [-0.39, 0.29) is 6.61 Å². The molecular formula is C9H18O4. The van der Waals surface area contributed by atoms with Crippen LogP contribution in [0.5, 0.6) is 0 Å². The van der Waals surface area contributed by atoms with Crippen molar-refractivity contribution in [2.75, 3.05) is 13.2 Å². The van der Waals surface area contributed by atoms with Crippen molar-refractivity contribution in [3.8, 4) is 0 Å². The first-order valence-electron chi connectivity index (χ1n) is 4.40. The number of carbonyl (C=O) groups is 1. The molecule has 4 nitrogen and oxygen atoms in total. The maximum Gasteiger partial charge on any atom is 0.337 e. The van der Waals surface area contributed by atoms with Crippen molar-refractivity contribution in [3.05, 3.63) is 0 Å². The van der Waals surface area contributed by atoms with E-state index >= 15 is 0 Å². The number of ether oxygens (including phenoxy) is 1. The fourth-order valence-electron chi connectivity index (χ4n) is 0.652. The summed E-state index contributed by atoms with van der Waals surface area (Å²) in [6.45, 7) is 5.66. The Balaban J connectivity index is 3.58. The van der Waals surface area contributed by atoms with E-state index in [4.69, 9.17) is 9.84 Å². The highest BCUT2D eigenvalue weighted by Crippen LogP contribution is 2.05. The average Bonchev–Trinajstić information content (AvgIpc) is 1.97. The topological polar surface area (TPSA) is 66.8 Å². The first-order valence-corrected chi connectivity index (χ1v) is 4.40. The van der Waals surface area contributed by atoms with Crippen LogP contribution in [0.4, 0.5) is 0 Å². The molecule has 0 aromatic rings. The molecule has 0 spiro atoms. The van der Waals surface area contributed by atoms with Crippen molar-refractivity contribution in [1.29, 1.82) is 0 Å². The lowest BCUT2D eigenvalue weighted by Crippen LogP contribution is -2.40. The monoisotopic (exact) mass is 190 g/mol. The summed E-state index contributed by atoms with van der Waals surface area (Å²) < 4.78 is 5.04. The Bertz CT molecular complexity index is 163. The molecule has 2 N–H and O–H groups in total. The van der Waals surface area contributed by atoms with Crippen LogP contribution in [-0.2, 0) is 9.53 Å². The van der Waals surface area contributed by atoms with Gasteiger partial charge in [-0.15, -0.1) is 0 Å². The van der Waals surface area contributed by atoms with Gasteiger partial charge in [-0.1, -0.05) is 13.8 Å². The van der Waals surface area contributed by atoms with Gasteiger partial charge in [-0.3, -0.25) is 0 Å². The highest BCUT2D eigenvalue weighted by Gasteiger charge is 2.29. The molecule has 0 aromatic heterocycles. The molecule has 0 radical (unpaired) electrons. The molecule has 0 fully saturated rings. The molecule has 0 amide bonds. The Morgan fingerprint density at radius 1 is 1.54 bits per heavy atom. The third-order valence-electron chi connectivity index (χ3n) is 1.68. The molecule has 0 saturated carbocycles. The third kappa shape index (κ3) is 5.60. The lowest BCUT2D eigenvalue weighted by molar-refractivity contribution is -0.162. The third-order valence-corrected chi connectivity index (χ3v) is 1.68. The number of carboxylic acids is 1. The smallest absolute Gasteiger partial charge is 0.337 e. The van der Waals surface area contributed by atoms with E-state index in [1.165, 1.54) is 6.92 Å². The summed E-state index contributed by atoms with van der Waals surface area (Å²) in [5.41, 5.74) is -1.77. The van der Waals surface area contributed by atoms with E-state index in [0.29, 0.717) is 12.5 Å². The van der Waals surface area contributed by atoms with E-state index in [0.717, 1.165) is 6.42 Å². The van der Waals surface area contributed by atoms with Gasteiger partial charge >= 0.3 is 5.97 Å². The average molecular weight is 190 g/mol. The quantitative estimate of drug-likeness (QED) is 0.610. The SMILES string of the molecule is CC(C)CCOCC(C)(O)C(=O)O. The zero-order chi connectivity index (χ0) is 10.5. The van der Waals surface area contributed by atoms with Crippen molar-refractivity contribution in [2.45, 2.75) is 32.8 Å². The van der Waals surface area contributed by atoms with Crippen molar-refractivity contribution >= 4 is 5.97 Å². The van der Waals surface area contributed by atoms with Crippen LogP contribution < -0.4 is 0 Å². The van der Waals surface area contributed by atoms with E-state index in [9.17, 15) is 9.90 Å². The van der Waals surface area contributed by atoms with Crippen molar-refractivity contribution in [3.63, 3.8) is 0 Å². The van der Waals surface area contributed by atoms with Gasteiger partial charge in [0.2, 0.25) is 0 Å². The number of hydrogen-bond donors (Lipinski definition) is 2. The van der Waals surface area contributed by atoms with E-state index < -0.39 is 11.6 Å². The molecule has 4 heteroatoms. The number of rotatable bonds is 6.